The van der Waals surface area contributed by atoms with Gasteiger partial charge in [-0.25, -0.2) is 9.37 Å². The molecule has 8 heteroatoms. The first-order valence-electron chi connectivity index (χ1n) is 10.8. The van der Waals surface area contributed by atoms with Gasteiger partial charge in [0.1, 0.15) is 17.4 Å². The lowest BCUT2D eigenvalue weighted by atomic mass is 9.97. The van der Waals surface area contributed by atoms with Gasteiger partial charge in [0, 0.05) is 17.7 Å². The summed E-state index contributed by atoms with van der Waals surface area (Å²) in [5.74, 6) is 1.04. The normalized spacial score (nSPS) is 10.8. The molecule has 1 N–H and O–H groups in total. The SMILES string of the molecule is CCNCc1cnc2c(C#N)c(-c3ccc(OC)c(OC)c3OC)cc(-c3ccc(F)cc3)n12. The Kier molecular flexibility index (Phi) is 6.66. The first kappa shape index (κ1) is 23.1. The zero-order chi connectivity index (χ0) is 24.2. The molecule has 0 fully saturated rings. The van der Waals surface area contributed by atoms with Crippen molar-refractivity contribution in [3.05, 3.63) is 65.7 Å². The lowest BCUT2D eigenvalue weighted by Crippen LogP contribution is -2.14. The van der Waals surface area contributed by atoms with Gasteiger partial charge < -0.3 is 19.5 Å². The van der Waals surface area contributed by atoms with Gasteiger partial charge >= 0.3 is 0 Å². The van der Waals surface area contributed by atoms with Gasteiger partial charge in [-0.1, -0.05) is 6.92 Å². The molecule has 0 spiro atoms. The topological polar surface area (TPSA) is 80.8 Å². The second-order valence-electron chi connectivity index (χ2n) is 7.51. The van der Waals surface area contributed by atoms with Crippen LogP contribution in [0.2, 0.25) is 0 Å². The quantitative estimate of drug-likeness (QED) is 0.406. The molecule has 0 aliphatic heterocycles. The van der Waals surface area contributed by atoms with Crippen LogP contribution in [0.1, 0.15) is 18.2 Å². The molecule has 4 rings (SSSR count). The molecule has 2 aromatic carbocycles. The largest absolute Gasteiger partial charge is 0.493 e. The van der Waals surface area contributed by atoms with E-state index < -0.39 is 0 Å². The predicted octanol–water partition coefficient (Wildman–Crippen LogP) is 4.81. The second kappa shape index (κ2) is 9.81. The summed E-state index contributed by atoms with van der Waals surface area (Å²) in [6, 6.07) is 14.1. The van der Waals surface area contributed by atoms with Crippen LogP contribution >= 0.6 is 0 Å². The van der Waals surface area contributed by atoms with Gasteiger partial charge in [-0.05, 0) is 54.6 Å². The monoisotopic (exact) mass is 460 g/mol. The minimum absolute atomic E-state index is 0.325. The Balaban J connectivity index is 2.09. The van der Waals surface area contributed by atoms with Crippen molar-refractivity contribution < 1.29 is 18.6 Å². The molecule has 0 amide bonds. The summed E-state index contributed by atoms with van der Waals surface area (Å²) in [6.45, 7) is 3.37. The highest BCUT2D eigenvalue weighted by molar-refractivity contribution is 5.87. The van der Waals surface area contributed by atoms with E-state index in [2.05, 4.69) is 16.4 Å². The Morgan fingerprint density at radius 2 is 1.74 bits per heavy atom. The minimum atomic E-state index is -0.325. The molecule has 34 heavy (non-hydrogen) atoms. The van der Waals surface area contributed by atoms with Crippen molar-refractivity contribution in [3.8, 4) is 45.7 Å². The number of hydrogen-bond acceptors (Lipinski definition) is 6. The molecule has 0 saturated heterocycles. The molecule has 2 aromatic heterocycles. The lowest BCUT2D eigenvalue weighted by Gasteiger charge is -2.18. The van der Waals surface area contributed by atoms with E-state index in [4.69, 9.17) is 14.2 Å². The van der Waals surface area contributed by atoms with Crippen LogP contribution in [0.4, 0.5) is 4.39 Å². The second-order valence-corrected chi connectivity index (χ2v) is 7.51. The standard InChI is InChI=1S/C26H25FN4O3/c1-5-29-14-18-15-30-26-21(13-28)20(12-22(31(18)26)16-6-8-17(27)9-7-16)19-10-11-23(32-2)25(34-4)24(19)33-3/h6-12,15,29H,5,14H2,1-4H3. The summed E-state index contributed by atoms with van der Waals surface area (Å²) in [7, 11) is 4.62. The number of fused-ring (bicyclic) bond motifs is 1. The van der Waals surface area contributed by atoms with E-state index >= 15 is 0 Å². The highest BCUT2D eigenvalue weighted by atomic mass is 19.1. The molecular formula is C26H25FN4O3. The Hall–Kier alpha value is -4.09. The van der Waals surface area contributed by atoms with Crippen LogP contribution in [0.15, 0.2) is 48.7 Å². The minimum Gasteiger partial charge on any atom is -0.493 e. The van der Waals surface area contributed by atoms with Crippen molar-refractivity contribution in [2.75, 3.05) is 27.9 Å². The summed E-state index contributed by atoms with van der Waals surface area (Å²) in [6.07, 6.45) is 1.75. The number of rotatable bonds is 8. The molecule has 0 unspecified atom stereocenters. The van der Waals surface area contributed by atoms with Gasteiger partial charge in [0.25, 0.3) is 0 Å². The Bertz CT molecular complexity index is 1370. The molecule has 7 nitrogen and oxygen atoms in total. The number of aromatic nitrogens is 2. The van der Waals surface area contributed by atoms with E-state index in [-0.39, 0.29) is 5.82 Å². The smallest absolute Gasteiger partial charge is 0.203 e. The number of hydrogen-bond donors (Lipinski definition) is 1. The summed E-state index contributed by atoms with van der Waals surface area (Å²) in [5.41, 5.74) is 4.60. The number of ether oxygens (including phenoxy) is 3. The van der Waals surface area contributed by atoms with Gasteiger partial charge in [0.05, 0.1) is 38.9 Å². The average molecular weight is 461 g/mol. The van der Waals surface area contributed by atoms with Crippen LogP contribution in [0.5, 0.6) is 17.2 Å². The third-order valence-corrected chi connectivity index (χ3v) is 5.65. The third-order valence-electron chi connectivity index (χ3n) is 5.65. The predicted molar refractivity (Wildman–Crippen MR) is 128 cm³/mol. The van der Waals surface area contributed by atoms with Gasteiger partial charge in [0.15, 0.2) is 17.1 Å². The molecule has 0 aliphatic rings. The maximum atomic E-state index is 13.7. The molecule has 0 aliphatic carbocycles. The molecule has 0 radical (unpaired) electrons. The van der Waals surface area contributed by atoms with Crippen molar-refractivity contribution in [2.24, 2.45) is 0 Å². The molecule has 0 saturated carbocycles. The number of imidazole rings is 1. The van der Waals surface area contributed by atoms with Gasteiger partial charge in [-0.3, -0.25) is 4.40 Å². The average Bonchev–Trinajstić information content (AvgIpc) is 3.29. The van der Waals surface area contributed by atoms with E-state index in [9.17, 15) is 9.65 Å². The summed E-state index contributed by atoms with van der Waals surface area (Å²) >= 11 is 0. The number of nitriles is 1. The van der Waals surface area contributed by atoms with E-state index in [1.54, 1.807) is 31.5 Å². The summed E-state index contributed by atoms with van der Waals surface area (Å²) in [5, 5.41) is 13.5. The first-order valence-corrected chi connectivity index (χ1v) is 10.8. The zero-order valence-electron chi connectivity index (χ0n) is 19.5. The van der Waals surface area contributed by atoms with Crippen LogP contribution in [0, 0.1) is 17.1 Å². The van der Waals surface area contributed by atoms with Crippen LogP contribution in [-0.2, 0) is 6.54 Å². The maximum Gasteiger partial charge on any atom is 0.203 e. The molecule has 4 aromatic rings. The Morgan fingerprint density at radius 3 is 2.35 bits per heavy atom. The molecule has 174 valence electrons. The fourth-order valence-corrected chi connectivity index (χ4v) is 4.07. The highest BCUT2D eigenvalue weighted by Crippen LogP contribution is 2.46. The molecular weight excluding hydrogens is 435 g/mol. The number of nitrogens with zero attached hydrogens (tertiary/aromatic N) is 3. The van der Waals surface area contributed by atoms with E-state index in [1.807, 2.05) is 23.5 Å². The Labute approximate surface area is 197 Å². The van der Waals surface area contributed by atoms with Crippen molar-refractivity contribution in [2.45, 2.75) is 13.5 Å². The molecule has 2 heterocycles. The van der Waals surface area contributed by atoms with E-state index in [0.29, 0.717) is 46.1 Å². The van der Waals surface area contributed by atoms with Gasteiger partial charge in [-0.15, -0.1) is 0 Å². The van der Waals surface area contributed by atoms with Gasteiger partial charge in [-0.2, -0.15) is 5.26 Å². The highest BCUT2D eigenvalue weighted by Gasteiger charge is 2.23. The van der Waals surface area contributed by atoms with Crippen molar-refractivity contribution in [3.63, 3.8) is 0 Å². The lowest BCUT2D eigenvalue weighted by molar-refractivity contribution is 0.325. The third kappa shape index (κ3) is 3.91. The zero-order valence-corrected chi connectivity index (χ0v) is 19.5. The molecule has 0 bridgehead atoms. The van der Waals surface area contributed by atoms with Crippen LogP contribution in [0.3, 0.4) is 0 Å². The number of methoxy groups -OCH3 is 3. The van der Waals surface area contributed by atoms with E-state index in [0.717, 1.165) is 23.5 Å². The number of halogens is 1. The van der Waals surface area contributed by atoms with Crippen molar-refractivity contribution >= 4 is 5.65 Å². The fraction of sp³-hybridized carbons (Fsp3) is 0.231. The molecule has 0 atom stereocenters. The number of nitrogens with one attached hydrogen (secondary N) is 1. The fourth-order valence-electron chi connectivity index (χ4n) is 4.07. The van der Waals surface area contributed by atoms with Crippen molar-refractivity contribution in [1.29, 1.82) is 5.26 Å². The van der Waals surface area contributed by atoms with Crippen LogP contribution < -0.4 is 19.5 Å². The van der Waals surface area contributed by atoms with Crippen molar-refractivity contribution in [1.82, 2.24) is 14.7 Å². The van der Waals surface area contributed by atoms with E-state index in [1.165, 1.54) is 26.4 Å². The number of benzene rings is 2. The van der Waals surface area contributed by atoms with Gasteiger partial charge in [0.2, 0.25) is 5.75 Å². The number of pyridine rings is 1. The van der Waals surface area contributed by atoms with Crippen LogP contribution in [-0.4, -0.2) is 37.3 Å². The maximum absolute atomic E-state index is 13.7. The Morgan fingerprint density at radius 1 is 1.00 bits per heavy atom. The summed E-state index contributed by atoms with van der Waals surface area (Å²) < 4.78 is 32.3. The summed E-state index contributed by atoms with van der Waals surface area (Å²) in [4.78, 5) is 4.59. The first-order chi connectivity index (χ1) is 16.6. The van der Waals surface area contributed by atoms with Crippen LogP contribution in [0.25, 0.3) is 28.0 Å².